The third-order valence-corrected chi connectivity index (χ3v) is 2.95. The average molecular weight is 334 g/mol. The number of rotatable bonds is 5. The summed E-state index contributed by atoms with van der Waals surface area (Å²) < 4.78 is 37.6. The van der Waals surface area contributed by atoms with Crippen LogP contribution in [0.15, 0.2) is 17.1 Å². The summed E-state index contributed by atoms with van der Waals surface area (Å²) in [7, 11) is 0. The van der Waals surface area contributed by atoms with Crippen LogP contribution >= 0.6 is 0 Å². The second kappa shape index (κ2) is 7.27. The van der Waals surface area contributed by atoms with Crippen molar-refractivity contribution in [2.24, 2.45) is 11.7 Å². The fourth-order valence-corrected chi connectivity index (χ4v) is 1.52. The van der Waals surface area contributed by atoms with Crippen LogP contribution < -0.4 is 21.9 Å². The molecule has 1 aromatic heterocycles. The Hall–Kier alpha value is -2.36. The van der Waals surface area contributed by atoms with Gasteiger partial charge in [-0.2, -0.15) is 13.2 Å². The van der Waals surface area contributed by atoms with E-state index >= 15 is 0 Å². The first-order valence-corrected chi connectivity index (χ1v) is 6.65. The number of halogens is 3. The van der Waals surface area contributed by atoms with Gasteiger partial charge in [-0.1, -0.05) is 13.8 Å². The van der Waals surface area contributed by atoms with Crippen LogP contribution in [0, 0.1) is 5.92 Å². The molecule has 0 aliphatic rings. The second-order valence-electron chi connectivity index (χ2n) is 5.16. The van der Waals surface area contributed by atoms with Crippen LogP contribution in [0.4, 0.5) is 18.9 Å². The zero-order valence-electron chi connectivity index (χ0n) is 12.5. The van der Waals surface area contributed by atoms with Crippen molar-refractivity contribution >= 4 is 17.5 Å². The van der Waals surface area contributed by atoms with E-state index in [1.54, 1.807) is 13.8 Å². The number of nitrogens with one attached hydrogen (secondary N) is 3. The number of H-pyrrole nitrogens is 1. The number of amides is 2. The molecule has 128 valence electrons. The average Bonchev–Trinajstić information content (AvgIpc) is 2.44. The number of nitrogens with two attached hydrogens (primary N) is 1. The van der Waals surface area contributed by atoms with Crippen molar-refractivity contribution in [2.45, 2.75) is 26.1 Å². The number of aromatic amines is 1. The molecule has 10 heteroatoms. The lowest BCUT2D eigenvalue weighted by Crippen LogP contribution is -2.46. The number of carbonyl (C=O) groups excluding carboxylic acids is 2. The van der Waals surface area contributed by atoms with Crippen molar-refractivity contribution in [3.8, 4) is 0 Å². The summed E-state index contributed by atoms with van der Waals surface area (Å²) in [4.78, 5) is 36.5. The van der Waals surface area contributed by atoms with Gasteiger partial charge in [0.2, 0.25) is 11.8 Å². The van der Waals surface area contributed by atoms with Gasteiger partial charge in [-0.25, -0.2) is 0 Å². The van der Waals surface area contributed by atoms with Crippen molar-refractivity contribution in [2.75, 3.05) is 11.9 Å². The molecule has 0 unspecified atom stereocenters. The highest BCUT2D eigenvalue weighted by atomic mass is 19.4. The number of hydrogen-bond donors (Lipinski definition) is 4. The standard InChI is InChI=1S/C13H17F3N4O3/c1-6(2)10(17)12(23)19-5-9(21)20-8-3-7(13(14,15)16)4-18-11(8)22/h3-4,6,10H,5,17H2,1-2H3,(H,18,22)(H,19,23)(H,20,21)/t10-/m0/s1. The molecular formula is C13H17F3N4O3. The highest BCUT2D eigenvalue weighted by Gasteiger charge is 2.31. The Morgan fingerprint density at radius 3 is 2.48 bits per heavy atom. The summed E-state index contributed by atoms with van der Waals surface area (Å²) >= 11 is 0. The van der Waals surface area contributed by atoms with Crippen LogP contribution in [0.1, 0.15) is 19.4 Å². The topological polar surface area (TPSA) is 117 Å². The Morgan fingerprint density at radius 2 is 1.96 bits per heavy atom. The van der Waals surface area contributed by atoms with Crippen LogP contribution in [-0.4, -0.2) is 29.4 Å². The van der Waals surface area contributed by atoms with E-state index in [0.717, 1.165) is 0 Å². The minimum absolute atomic E-state index is 0.149. The first-order chi connectivity index (χ1) is 10.5. The van der Waals surface area contributed by atoms with Crippen LogP contribution in [0.3, 0.4) is 0 Å². The van der Waals surface area contributed by atoms with Gasteiger partial charge in [0.1, 0.15) is 5.69 Å². The largest absolute Gasteiger partial charge is 0.417 e. The molecule has 0 aromatic carbocycles. The molecule has 0 aliphatic carbocycles. The number of pyridine rings is 1. The van der Waals surface area contributed by atoms with Gasteiger partial charge in [0, 0.05) is 6.20 Å². The Bertz CT molecular complexity index is 640. The maximum Gasteiger partial charge on any atom is 0.417 e. The Labute approximate surface area is 129 Å². The smallest absolute Gasteiger partial charge is 0.346 e. The molecule has 0 spiro atoms. The first kappa shape index (κ1) is 18.7. The quantitative estimate of drug-likeness (QED) is 0.625. The minimum atomic E-state index is -4.66. The maximum atomic E-state index is 12.5. The highest BCUT2D eigenvalue weighted by molar-refractivity contribution is 5.95. The van der Waals surface area contributed by atoms with Gasteiger partial charge in [0.15, 0.2) is 0 Å². The van der Waals surface area contributed by atoms with E-state index in [0.29, 0.717) is 12.3 Å². The van der Waals surface area contributed by atoms with E-state index < -0.39 is 47.4 Å². The summed E-state index contributed by atoms with van der Waals surface area (Å²) in [5, 5.41) is 4.25. The molecule has 5 N–H and O–H groups in total. The summed E-state index contributed by atoms with van der Waals surface area (Å²) in [5.74, 6) is -1.57. The summed E-state index contributed by atoms with van der Waals surface area (Å²) in [6.45, 7) is 2.91. The van der Waals surface area contributed by atoms with E-state index in [4.69, 9.17) is 5.73 Å². The van der Waals surface area contributed by atoms with Gasteiger partial charge in [0.25, 0.3) is 5.56 Å². The molecule has 0 radical (unpaired) electrons. The molecule has 1 heterocycles. The Morgan fingerprint density at radius 1 is 1.35 bits per heavy atom. The summed E-state index contributed by atoms with van der Waals surface area (Å²) in [5.41, 5.74) is 3.00. The van der Waals surface area contributed by atoms with Crippen molar-refractivity contribution < 1.29 is 22.8 Å². The molecule has 0 saturated heterocycles. The number of aromatic nitrogens is 1. The Kier molecular flexibility index (Phi) is 5.91. The molecule has 0 aliphatic heterocycles. The maximum absolute atomic E-state index is 12.5. The zero-order valence-corrected chi connectivity index (χ0v) is 12.5. The lowest BCUT2D eigenvalue weighted by atomic mass is 10.1. The van der Waals surface area contributed by atoms with Crippen LogP contribution in [-0.2, 0) is 15.8 Å². The monoisotopic (exact) mass is 334 g/mol. The predicted molar refractivity (Wildman–Crippen MR) is 76.5 cm³/mol. The van der Waals surface area contributed by atoms with Crippen molar-refractivity contribution in [1.82, 2.24) is 10.3 Å². The number of alkyl halides is 3. The van der Waals surface area contributed by atoms with E-state index in [1.807, 2.05) is 10.3 Å². The summed E-state index contributed by atoms with van der Waals surface area (Å²) in [6.07, 6.45) is -4.16. The van der Waals surface area contributed by atoms with Crippen LogP contribution in [0.25, 0.3) is 0 Å². The fraction of sp³-hybridized carbons (Fsp3) is 0.462. The third-order valence-electron chi connectivity index (χ3n) is 2.95. The predicted octanol–water partition coefficient (Wildman–Crippen LogP) is 0.432. The normalized spacial score (nSPS) is 12.8. The molecule has 1 aromatic rings. The van der Waals surface area contributed by atoms with E-state index in [1.165, 1.54) is 0 Å². The van der Waals surface area contributed by atoms with Crippen molar-refractivity contribution in [1.29, 1.82) is 0 Å². The second-order valence-corrected chi connectivity index (χ2v) is 5.16. The van der Waals surface area contributed by atoms with Crippen LogP contribution in [0.5, 0.6) is 0 Å². The van der Waals surface area contributed by atoms with Gasteiger partial charge in [-0.05, 0) is 12.0 Å². The van der Waals surface area contributed by atoms with Gasteiger partial charge in [-0.3, -0.25) is 14.4 Å². The number of anilines is 1. The van der Waals surface area contributed by atoms with Crippen LogP contribution in [0.2, 0.25) is 0 Å². The van der Waals surface area contributed by atoms with Gasteiger partial charge in [0.05, 0.1) is 18.2 Å². The van der Waals surface area contributed by atoms with Gasteiger partial charge in [-0.15, -0.1) is 0 Å². The lowest BCUT2D eigenvalue weighted by molar-refractivity contribution is -0.137. The van der Waals surface area contributed by atoms with E-state index in [2.05, 4.69) is 5.32 Å². The molecule has 0 bridgehead atoms. The molecule has 1 rings (SSSR count). The molecule has 2 amide bonds. The highest BCUT2D eigenvalue weighted by Crippen LogP contribution is 2.28. The minimum Gasteiger partial charge on any atom is -0.346 e. The number of hydrogen-bond acceptors (Lipinski definition) is 4. The fourth-order valence-electron chi connectivity index (χ4n) is 1.52. The van der Waals surface area contributed by atoms with E-state index in [-0.39, 0.29) is 5.92 Å². The lowest BCUT2D eigenvalue weighted by Gasteiger charge is -2.15. The SMILES string of the molecule is CC(C)[C@H](N)C(=O)NCC(=O)Nc1cc(C(F)(F)F)c[nH]c1=O. The molecule has 0 fully saturated rings. The molecule has 23 heavy (non-hydrogen) atoms. The van der Waals surface area contributed by atoms with Gasteiger partial charge >= 0.3 is 6.18 Å². The summed E-state index contributed by atoms with van der Waals surface area (Å²) in [6, 6.07) is -0.307. The molecule has 0 saturated carbocycles. The Balaban J connectivity index is 2.71. The van der Waals surface area contributed by atoms with Crippen molar-refractivity contribution in [3.05, 3.63) is 28.2 Å². The molecule has 1 atom stereocenters. The van der Waals surface area contributed by atoms with Crippen molar-refractivity contribution in [3.63, 3.8) is 0 Å². The zero-order chi connectivity index (χ0) is 17.8. The third kappa shape index (κ3) is 5.40. The molecule has 7 nitrogen and oxygen atoms in total. The molecular weight excluding hydrogens is 317 g/mol. The first-order valence-electron chi connectivity index (χ1n) is 6.65. The van der Waals surface area contributed by atoms with E-state index in [9.17, 15) is 27.6 Å². The number of carbonyl (C=O) groups is 2. The van der Waals surface area contributed by atoms with Gasteiger partial charge < -0.3 is 21.4 Å².